The molecule has 0 aromatic heterocycles. The molecule has 3 amide bonds. The minimum atomic E-state index is -0.567. The highest BCUT2D eigenvalue weighted by molar-refractivity contribution is 5.94. The maximum atomic E-state index is 13.5. The fourth-order valence-corrected chi connectivity index (χ4v) is 7.15. The average Bonchev–Trinajstić information content (AvgIpc) is 3.38. The van der Waals surface area contributed by atoms with E-state index in [1.807, 2.05) is 152 Å². The predicted octanol–water partition coefficient (Wildman–Crippen LogP) is 8.78. The van der Waals surface area contributed by atoms with Gasteiger partial charge < -0.3 is 44.4 Å². The summed E-state index contributed by atoms with van der Waals surface area (Å²) in [4.78, 5) is 38.5. The van der Waals surface area contributed by atoms with Gasteiger partial charge in [0.2, 0.25) is 11.8 Å². The van der Waals surface area contributed by atoms with Gasteiger partial charge in [-0.05, 0) is 47.2 Å². The van der Waals surface area contributed by atoms with Gasteiger partial charge in [-0.2, -0.15) is 0 Å². The van der Waals surface area contributed by atoms with Crippen molar-refractivity contribution in [1.82, 2.24) is 16.0 Å². The van der Waals surface area contributed by atoms with Crippen molar-refractivity contribution in [2.45, 2.75) is 96.0 Å². The highest BCUT2D eigenvalue weighted by atomic mass is 16.6. The molecule has 0 spiro atoms. The summed E-state index contributed by atoms with van der Waals surface area (Å²) in [6.45, 7) is 4.15. The van der Waals surface area contributed by atoms with Gasteiger partial charge >= 0.3 is 0 Å². The highest BCUT2D eigenvalue weighted by Gasteiger charge is 2.21. The van der Waals surface area contributed by atoms with E-state index in [1.165, 1.54) is 0 Å². The first-order chi connectivity index (χ1) is 33.5. The number of ether oxygens (including phenoxy) is 6. The SMILES string of the molecule is O=C(CCC(=O)NC(COC(COCc1ccccc1)COCc1ccccc1)COC(COCc1ccccc1)COCc1ccccc1)NCCCCCCCCNC(=O)c1ccccc1. The van der Waals surface area contributed by atoms with Gasteiger partial charge in [-0.3, -0.25) is 14.4 Å². The molecule has 0 bridgehead atoms. The van der Waals surface area contributed by atoms with Gasteiger partial charge in [0.05, 0.1) is 72.1 Å². The fraction of sp³-hybridized carbons (Fsp3) is 0.411. The van der Waals surface area contributed by atoms with E-state index >= 15 is 0 Å². The lowest BCUT2D eigenvalue weighted by Gasteiger charge is -2.26. The van der Waals surface area contributed by atoms with E-state index in [9.17, 15) is 14.4 Å². The Morgan fingerprint density at radius 3 is 1.12 bits per heavy atom. The molecule has 12 nitrogen and oxygen atoms in total. The van der Waals surface area contributed by atoms with Crippen LogP contribution in [0.25, 0.3) is 0 Å². The van der Waals surface area contributed by atoms with E-state index in [-0.39, 0.29) is 70.2 Å². The standard InChI is InChI=1S/C56H71N3O9/c60-54(57-34-20-3-1-2-4-21-35-58-56(62)50-30-18-9-19-31-50)32-33-55(61)59-51(40-67-52(42-63-36-46-22-10-5-11-23-46)43-64-37-47-24-12-6-13-25-47)41-68-53(44-65-38-48-26-14-7-15-27-48)45-66-39-49-28-16-8-17-29-49/h5-19,22-31,51-53H,1-4,20-21,32-45H2,(H,57,60)(H,58,62)(H,59,61). The molecule has 0 atom stereocenters. The van der Waals surface area contributed by atoms with Crippen LogP contribution >= 0.6 is 0 Å². The summed E-state index contributed by atoms with van der Waals surface area (Å²) in [5, 5.41) is 9.01. The molecular formula is C56H71N3O9. The number of amides is 3. The molecule has 3 N–H and O–H groups in total. The molecule has 0 fully saturated rings. The number of rotatable bonds is 36. The van der Waals surface area contributed by atoms with Gasteiger partial charge in [-0.1, -0.05) is 165 Å². The second-order valence-corrected chi connectivity index (χ2v) is 16.8. The number of unbranched alkanes of at least 4 members (excludes halogenated alkanes) is 5. The van der Waals surface area contributed by atoms with Crippen LogP contribution in [0, 0.1) is 0 Å². The summed E-state index contributed by atoms with van der Waals surface area (Å²) >= 11 is 0. The molecule has 0 aliphatic rings. The monoisotopic (exact) mass is 930 g/mol. The van der Waals surface area contributed by atoms with Crippen molar-refractivity contribution in [3.63, 3.8) is 0 Å². The third-order valence-corrected chi connectivity index (χ3v) is 10.9. The molecule has 5 aromatic rings. The molecule has 0 saturated heterocycles. The first-order valence-corrected chi connectivity index (χ1v) is 24.1. The topological polar surface area (TPSA) is 143 Å². The van der Waals surface area contributed by atoms with Crippen LogP contribution in [0.15, 0.2) is 152 Å². The number of benzene rings is 5. The molecule has 0 aliphatic carbocycles. The van der Waals surface area contributed by atoms with E-state index in [1.54, 1.807) is 0 Å². The zero-order valence-corrected chi connectivity index (χ0v) is 39.5. The maximum Gasteiger partial charge on any atom is 0.251 e. The van der Waals surface area contributed by atoms with Crippen LogP contribution in [0.5, 0.6) is 0 Å². The second kappa shape index (κ2) is 33.7. The lowest BCUT2D eigenvalue weighted by atomic mass is 10.1. The lowest BCUT2D eigenvalue weighted by Crippen LogP contribution is -2.45. The van der Waals surface area contributed by atoms with Crippen molar-refractivity contribution < 1.29 is 42.8 Å². The summed E-state index contributed by atoms with van der Waals surface area (Å²) in [7, 11) is 0. The van der Waals surface area contributed by atoms with Crippen molar-refractivity contribution in [2.24, 2.45) is 0 Å². The normalized spacial score (nSPS) is 11.3. The van der Waals surface area contributed by atoms with Gasteiger partial charge in [0.15, 0.2) is 0 Å². The fourth-order valence-electron chi connectivity index (χ4n) is 7.15. The smallest absolute Gasteiger partial charge is 0.251 e. The summed E-state index contributed by atoms with van der Waals surface area (Å²) in [5.74, 6) is -0.500. The van der Waals surface area contributed by atoms with Crippen molar-refractivity contribution in [1.29, 1.82) is 0 Å². The van der Waals surface area contributed by atoms with Crippen molar-refractivity contribution in [3.05, 3.63) is 179 Å². The average molecular weight is 930 g/mol. The third kappa shape index (κ3) is 23.8. The Bertz CT molecular complexity index is 1870. The number of hydrogen-bond acceptors (Lipinski definition) is 9. The van der Waals surface area contributed by atoms with Crippen LogP contribution in [-0.4, -0.2) is 88.7 Å². The first kappa shape index (κ1) is 53.2. The minimum absolute atomic E-state index is 0.0107. The molecule has 5 rings (SSSR count). The molecule has 5 aromatic carbocycles. The summed E-state index contributed by atoms with van der Waals surface area (Å²) in [6.07, 6.45) is 5.10. The molecule has 68 heavy (non-hydrogen) atoms. The van der Waals surface area contributed by atoms with Crippen LogP contribution in [0.4, 0.5) is 0 Å². The van der Waals surface area contributed by atoms with Crippen LogP contribution < -0.4 is 16.0 Å². The van der Waals surface area contributed by atoms with Gasteiger partial charge in [-0.25, -0.2) is 0 Å². The highest BCUT2D eigenvalue weighted by Crippen LogP contribution is 2.11. The predicted molar refractivity (Wildman–Crippen MR) is 265 cm³/mol. The van der Waals surface area contributed by atoms with Crippen LogP contribution in [0.1, 0.15) is 84.0 Å². The second-order valence-electron chi connectivity index (χ2n) is 16.8. The number of nitrogens with one attached hydrogen (secondary N) is 3. The number of carbonyl (C=O) groups is 3. The lowest BCUT2D eigenvalue weighted by molar-refractivity contribution is -0.129. The van der Waals surface area contributed by atoms with Gasteiger partial charge in [0.25, 0.3) is 5.91 Å². The molecule has 0 radical (unpaired) electrons. The quantitative estimate of drug-likeness (QED) is 0.0336. The Kier molecular flexibility index (Phi) is 26.4. The number of hydrogen-bond donors (Lipinski definition) is 3. The molecule has 0 saturated carbocycles. The third-order valence-electron chi connectivity index (χ3n) is 10.9. The Hall–Kier alpha value is -5.73. The van der Waals surface area contributed by atoms with E-state index in [0.29, 0.717) is 45.1 Å². The molecule has 0 aliphatic heterocycles. The van der Waals surface area contributed by atoms with E-state index < -0.39 is 18.2 Å². The molecule has 0 unspecified atom stereocenters. The molecular weight excluding hydrogens is 859 g/mol. The molecule has 364 valence electrons. The zero-order chi connectivity index (χ0) is 47.5. The van der Waals surface area contributed by atoms with Gasteiger partial charge in [0, 0.05) is 31.5 Å². The van der Waals surface area contributed by atoms with Crippen molar-refractivity contribution >= 4 is 17.7 Å². The zero-order valence-electron chi connectivity index (χ0n) is 39.5. The molecule has 12 heteroatoms. The van der Waals surface area contributed by atoms with Crippen molar-refractivity contribution in [3.8, 4) is 0 Å². The van der Waals surface area contributed by atoms with E-state index in [2.05, 4.69) is 16.0 Å². The first-order valence-electron chi connectivity index (χ1n) is 24.1. The summed E-state index contributed by atoms with van der Waals surface area (Å²) < 4.78 is 37.3. The Labute approximate surface area is 403 Å². The van der Waals surface area contributed by atoms with E-state index in [0.717, 1.165) is 60.8 Å². The Morgan fingerprint density at radius 1 is 0.382 bits per heavy atom. The Morgan fingerprint density at radius 2 is 0.721 bits per heavy atom. The van der Waals surface area contributed by atoms with Crippen LogP contribution in [0.3, 0.4) is 0 Å². The summed E-state index contributed by atoms with van der Waals surface area (Å²) in [5.41, 5.74) is 4.85. The van der Waals surface area contributed by atoms with Gasteiger partial charge in [-0.15, -0.1) is 0 Å². The van der Waals surface area contributed by atoms with Crippen LogP contribution in [0.2, 0.25) is 0 Å². The van der Waals surface area contributed by atoms with Gasteiger partial charge in [0.1, 0.15) is 12.2 Å². The maximum absolute atomic E-state index is 13.5. The summed E-state index contributed by atoms with van der Waals surface area (Å²) in [6, 6.07) is 48.4. The molecule has 0 heterocycles. The Balaban J connectivity index is 1.10. The minimum Gasteiger partial charge on any atom is -0.374 e. The largest absolute Gasteiger partial charge is 0.374 e. The van der Waals surface area contributed by atoms with Crippen LogP contribution in [-0.2, 0) is 64.4 Å². The van der Waals surface area contributed by atoms with Crippen molar-refractivity contribution in [2.75, 3.05) is 52.7 Å². The number of carbonyl (C=O) groups excluding carboxylic acids is 3. The van der Waals surface area contributed by atoms with E-state index in [4.69, 9.17) is 28.4 Å².